The van der Waals surface area contributed by atoms with Crippen LogP contribution in [-0.2, 0) is 6.54 Å². The summed E-state index contributed by atoms with van der Waals surface area (Å²) in [6, 6.07) is 16.7. The van der Waals surface area contributed by atoms with Crippen molar-refractivity contribution >= 4 is 35.6 Å². The van der Waals surface area contributed by atoms with E-state index >= 15 is 0 Å². The van der Waals surface area contributed by atoms with Crippen LogP contribution in [0.15, 0.2) is 53.5 Å². The molecule has 3 rings (SSSR count). The molecule has 1 aliphatic heterocycles. The van der Waals surface area contributed by atoms with Crippen molar-refractivity contribution in [1.29, 1.82) is 0 Å². The van der Waals surface area contributed by atoms with Gasteiger partial charge in [-0.05, 0) is 12.0 Å². The second kappa shape index (κ2) is 11.0. The lowest BCUT2D eigenvalue weighted by Crippen LogP contribution is -2.44. The average molecular weight is 496 g/mol. The van der Waals surface area contributed by atoms with Crippen LogP contribution in [0.4, 0.5) is 5.69 Å². The molecule has 152 valence electrons. The van der Waals surface area contributed by atoms with Crippen LogP contribution in [0.3, 0.4) is 0 Å². The molecule has 0 spiro atoms. The molecular formula is C21H29IN4O2. The van der Waals surface area contributed by atoms with Gasteiger partial charge in [0, 0.05) is 56.6 Å². The SMILES string of the molecule is CN=C(NCc1ccccc1)NC1CCN(c2cc(OC)cc(OC)c2)C1.I. The minimum atomic E-state index is 0. The molecule has 2 N–H and O–H groups in total. The first-order valence-corrected chi connectivity index (χ1v) is 9.21. The van der Waals surface area contributed by atoms with Gasteiger partial charge in [0.25, 0.3) is 0 Å². The minimum absolute atomic E-state index is 0. The summed E-state index contributed by atoms with van der Waals surface area (Å²) >= 11 is 0. The normalized spacial score (nSPS) is 16.3. The van der Waals surface area contributed by atoms with E-state index in [1.807, 2.05) is 36.4 Å². The van der Waals surface area contributed by atoms with Crippen LogP contribution in [0.25, 0.3) is 0 Å². The van der Waals surface area contributed by atoms with Crippen molar-refractivity contribution in [3.63, 3.8) is 0 Å². The summed E-state index contributed by atoms with van der Waals surface area (Å²) in [5, 5.41) is 6.91. The lowest BCUT2D eigenvalue weighted by atomic mass is 10.2. The van der Waals surface area contributed by atoms with E-state index in [1.54, 1.807) is 21.3 Å². The molecule has 0 bridgehead atoms. The molecule has 1 fully saturated rings. The highest BCUT2D eigenvalue weighted by Gasteiger charge is 2.24. The quantitative estimate of drug-likeness (QED) is 0.366. The molecule has 1 heterocycles. The van der Waals surface area contributed by atoms with Crippen molar-refractivity contribution in [2.24, 2.45) is 4.99 Å². The van der Waals surface area contributed by atoms with Crippen molar-refractivity contribution in [2.75, 3.05) is 39.3 Å². The summed E-state index contributed by atoms with van der Waals surface area (Å²) in [5.41, 5.74) is 2.35. The summed E-state index contributed by atoms with van der Waals surface area (Å²) in [6.45, 7) is 2.63. The molecule has 0 aromatic heterocycles. The Bertz CT molecular complexity index is 748. The Morgan fingerprint density at radius 1 is 1.11 bits per heavy atom. The molecule has 7 heteroatoms. The van der Waals surface area contributed by atoms with Gasteiger partial charge in [0.05, 0.1) is 14.2 Å². The predicted octanol–water partition coefficient (Wildman–Crippen LogP) is 3.27. The standard InChI is InChI=1S/C21H28N4O2.HI/c1-22-21(23-14-16-7-5-4-6-8-16)24-17-9-10-25(15-17)18-11-19(26-2)13-20(12-18)27-3;/h4-8,11-13,17H,9-10,14-15H2,1-3H3,(H2,22,23,24);1H. The van der Waals surface area contributed by atoms with E-state index in [2.05, 4.69) is 32.7 Å². The minimum Gasteiger partial charge on any atom is -0.497 e. The first kappa shape index (κ1) is 22.1. The van der Waals surface area contributed by atoms with Crippen LogP contribution < -0.4 is 25.0 Å². The number of methoxy groups -OCH3 is 2. The average Bonchev–Trinajstić information content (AvgIpc) is 3.20. The molecule has 1 saturated heterocycles. The highest BCUT2D eigenvalue weighted by Crippen LogP contribution is 2.30. The Morgan fingerprint density at radius 3 is 2.39 bits per heavy atom. The van der Waals surface area contributed by atoms with E-state index in [9.17, 15) is 0 Å². The largest absolute Gasteiger partial charge is 0.497 e. The van der Waals surface area contributed by atoms with Crippen molar-refractivity contribution in [3.8, 4) is 11.5 Å². The van der Waals surface area contributed by atoms with Gasteiger partial charge in [-0.25, -0.2) is 0 Å². The first-order valence-electron chi connectivity index (χ1n) is 9.21. The zero-order valence-electron chi connectivity index (χ0n) is 16.6. The van der Waals surface area contributed by atoms with Gasteiger partial charge in [-0.2, -0.15) is 0 Å². The number of benzene rings is 2. The molecule has 0 radical (unpaired) electrons. The summed E-state index contributed by atoms with van der Waals surface area (Å²) in [5.74, 6) is 2.44. The number of nitrogens with one attached hydrogen (secondary N) is 2. The molecule has 0 aliphatic carbocycles. The molecule has 1 atom stereocenters. The Balaban J connectivity index is 0.00000280. The molecule has 1 unspecified atom stereocenters. The zero-order chi connectivity index (χ0) is 19.1. The topological polar surface area (TPSA) is 58.1 Å². The number of guanidine groups is 1. The van der Waals surface area contributed by atoms with Crippen LogP contribution >= 0.6 is 24.0 Å². The summed E-state index contributed by atoms with van der Waals surface area (Å²) in [6.07, 6.45) is 1.05. The third-order valence-corrected chi connectivity index (χ3v) is 4.76. The Hall–Kier alpha value is -2.16. The zero-order valence-corrected chi connectivity index (χ0v) is 19.0. The van der Waals surface area contributed by atoms with E-state index in [0.717, 1.165) is 49.2 Å². The number of hydrogen-bond donors (Lipinski definition) is 2. The molecule has 2 aromatic carbocycles. The Kier molecular flexibility index (Phi) is 8.69. The fourth-order valence-electron chi connectivity index (χ4n) is 3.26. The van der Waals surface area contributed by atoms with E-state index in [1.165, 1.54) is 5.56 Å². The molecule has 28 heavy (non-hydrogen) atoms. The lowest BCUT2D eigenvalue weighted by molar-refractivity contribution is 0.394. The van der Waals surface area contributed by atoms with Gasteiger partial charge < -0.3 is 25.0 Å². The van der Waals surface area contributed by atoms with E-state index in [0.29, 0.717) is 6.04 Å². The highest BCUT2D eigenvalue weighted by molar-refractivity contribution is 14.0. The highest BCUT2D eigenvalue weighted by atomic mass is 127. The summed E-state index contributed by atoms with van der Waals surface area (Å²) < 4.78 is 10.8. The summed E-state index contributed by atoms with van der Waals surface area (Å²) in [7, 11) is 5.16. The molecule has 1 aliphatic rings. The number of ether oxygens (including phenoxy) is 2. The molecule has 2 aromatic rings. The van der Waals surface area contributed by atoms with Gasteiger partial charge in [-0.15, -0.1) is 24.0 Å². The number of hydrogen-bond acceptors (Lipinski definition) is 4. The Morgan fingerprint density at radius 2 is 1.79 bits per heavy atom. The van der Waals surface area contributed by atoms with Gasteiger partial charge in [0.15, 0.2) is 5.96 Å². The molecule has 0 saturated carbocycles. The van der Waals surface area contributed by atoms with Crippen LogP contribution in [0, 0.1) is 0 Å². The maximum absolute atomic E-state index is 5.39. The van der Waals surface area contributed by atoms with Crippen LogP contribution in [0.5, 0.6) is 11.5 Å². The van der Waals surface area contributed by atoms with E-state index < -0.39 is 0 Å². The third-order valence-electron chi connectivity index (χ3n) is 4.76. The molecule has 6 nitrogen and oxygen atoms in total. The molecule has 0 amide bonds. The number of rotatable bonds is 6. The van der Waals surface area contributed by atoms with Crippen LogP contribution in [0.2, 0.25) is 0 Å². The van der Waals surface area contributed by atoms with Gasteiger partial charge >= 0.3 is 0 Å². The Labute approximate surface area is 184 Å². The third kappa shape index (κ3) is 5.92. The van der Waals surface area contributed by atoms with E-state index in [4.69, 9.17) is 9.47 Å². The number of halogens is 1. The van der Waals surface area contributed by atoms with Crippen LogP contribution in [-0.4, -0.2) is 46.4 Å². The maximum atomic E-state index is 5.39. The van der Waals surface area contributed by atoms with Crippen molar-refractivity contribution < 1.29 is 9.47 Å². The predicted molar refractivity (Wildman–Crippen MR) is 125 cm³/mol. The maximum Gasteiger partial charge on any atom is 0.191 e. The number of anilines is 1. The fraction of sp³-hybridized carbons (Fsp3) is 0.381. The second-order valence-corrected chi connectivity index (χ2v) is 6.56. The van der Waals surface area contributed by atoms with Crippen molar-refractivity contribution in [2.45, 2.75) is 19.0 Å². The first-order chi connectivity index (χ1) is 13.2. The van der Waals surface area contributed by atoms with Crippen molar-refractivity contribution in [1.82, 2.24) is 10.6 Å². The van der Waals surface area contributed by atoms with Crippen LogP contribution in [0.1, 0.15) is 12.0 Å². The van der Waals surface area contributed by atoms with Gasteiger partial charge in [-0.3, -0.25) is 4.99 Å². The van der Waals surface area contributed by atoms with Gasteiger partial charge in [0.1, 0.15) is 11.5 Å². The number of aliphatic imine (C=N–C) groups is 1. The number of nitrogens with zero attached hydrogens (tertiary/aromatic N) is 2. The van der Waals surface area contributed by atoms with Crippen molar-refractivity contribution in [3.05, 3.63) is 54.1 Å². The second-order valence-electron chi connectivity index (χ2n) is 6.56. The summed E-state index contributed by atoms with van der Waals surface area (Å²) in [4.78, 5) is 6.70. The fourth-order valence-corrected chi connectivity index (χ4v) is 3.26. The smallest absolute Gasteiger partial charge is 0.191 e. The lowest BCUT2D eigenvalue weighted by Gasteiger charge is -2.21. The van der Waals surface area contributed by atoms with Gasteiger partial charge in [-0.1, -0.05) is 30.3 Å². The monoisotopic (exact) mass is 496 g/mol. The molecular weight excluding hydrogens is 467 g/mol. The van der Waals surface area contributed by atoms with E-state index in [-0.39, 0.29) is 24.0 Å². The van der Waals surface area contributed by atoms with Gasteiger partial charge in [0.2, 0.25) is 0 Å².